The monoisotopic (exact) mass is 156 g/mol. The van der Waals surface area contributed by atoms with Crippen molar-refractivity contribution >= 4 is 0 Å². The van der Waals surface area contributed by atoms with Crippen LogP contribution in [0.25, 0.3) is 0 Å². The molecule has 60 valence electrons. The first-order valence-corrected chi connectivity index (χ1v) is 4.66. The molecule has 0 aliphatic heterocycles. The van der Waals surface area contributed by atoms with Gasteiger partial charge in [-0.25, -0.2) is 0 Å². The Bertz CT molecular complexity index is 350. The highest BCUT2D eigenvalue weighted by Crippen LogP contribution is 2.56. The number of allylic oxidation sites excluding steroid dienone is 8. The van der Waals surface area contributed by atoms with E-state index in [1.807, 2.05) is 0 Å². The van der Waals surface area contributed by atoms with Gasteiger partial charge in [-0.2, -0.15) is 0 Å². The number of fused-ring (bicyclic) bond motifs is 2. The van der Waals surface area contributed by atoms with Gasteiger partial charge >= 0.3 is 0 Å². The third kappa shape index (κ3) is 0.677. The Morgan fingerprint density at radius 1 is 1.25 bits per heavy atom. The lowest BCUT2D eigenvalue weighted by Gasteiger charge is -1.99. The number of hydrogen-bond donors (Lipinski definition) is 0. The molecule has 3 rings (SSSR count). The highest BCUT2D eigenvalue weighted by Gasteiger charge is 2.45. The van der Waals surface area contributed by atoms with Crippen molar-refractivity contribution in [1.29, 1.82) is 0 Å². The van der Waals surface area contributed by atoms with Crippen LogP contribution in [-0.2, 0) is 0 Å². The predicted octanol–water partition coefficient (Wildman–Crippen LogP) is 3.01. The first-order valence-electron chi connectivity index (χ1n) is 4.66. The summed E-state index contributed by atoms with van der Waals surface area (Å²) in [5.41, 5.74) is 4.67. The fourth-order valence-electron chi connectivity index (χ4n) is 2.35. The summed E-state index contributed by atoms with van der Waals surface area (Å²) in [5, 5.41) is 0. The second kappa shape index (κ2) is 2.01. The minimum absolute atomic E-state index is 0.791. The van der Waals surface area contributed by atoms with Gasteiger partial charge in [0.05, 0.1) is 0 Å². The van der Waals surface area contributed by atoms with Gasteiger partial charge in [0, 0.05) is 5.92 Å². The average molecular weight is 156 g/mol. The maximum absolute atomic E-state index is 2.37. The average Bonchev–Trinajstić information content (AvgIpc) is 2.63. The minimum Gasteiger partial charge on any atom is -0.0804 e. The topological polar surface area (TPSA) is 0 Å². The van der Waals surface area contributed by atoms with E-state index >= 15 is 0 Å². The van der Waals surface area contributed by atoms with E-state index in [-0.39, 0.29) is 0 Å². The molecule has 3 aliphatic carbocycles. The molecule has 0 amide bonds. The van der Waals surface area contributed by atoms with E-state index in [9.17, 15) is 0 Å². The lowest BCUT2D eigenvalue weighted by molar-refractivity contribution is 0.869. The zero-order valence-corrected chi connectivity index (χ0v) is 7.25. The van der Waals surface area contributed by atoms with Crippen molar-refractivity contribution in [2.24, 2.45) is 11.8 Å². The summed E-state index contributed by atoms with van der Waals surface area (Å²) < 4.78 is 0. The number of rotatable bonds is 0. The SMILES string of the molecule is CC1C2=CC3=C(C=CCC=C3)C21. The van der Waals surface area contributed by atoms with Crippen LogP contribution in [0, 0.1) is 11.8 Å². The summed E-state index contributed by atoms with van der Waals surface area (Å²) in [7, 11) is 0. The van der Waals surface area contributed by atoms with Crippen molar-refractivity contribution in [3.05, 3.63) is 47.1 Å². The zero-order chi connectivity index (χ0) is 8.13. The van der Waals surface area contributed by atoms with Gasteiger partial charge < -0.3 is 0 Å². The fraction of sp³-hybridized carbons (Fsp3) is 0.333. The Labute approximate surface area is 73.0 Å². The van der Waals surface area contributed by atoms with Crippen LogP contribution in [0.5, 0.6) is 0 Å². The Hall–Kier alpha value is -1.04. The smallest absolute Gasteiger partial charge is 0.0123 e. The van der Waals surface area contributed by atoms with Gasteiger partial charge in [0.1, 0.15) is 0 Å². The van der Waals surface area contributed by atoms with E-state index in [4.69, 9.17) is 0 Å². The lowest BCUT2D eigenvalue weighted by atomic mass is 10.1. The normalized spacial score (nSPS) is 35.9. The zero-order valence-electron chi connectivity index (χ0n) is 7.25. The van der Waals surface area contributed by atoms with Crippen molar-refractivity contribution in [2.75, 3.05) is 0 Å². The first kappa shape index (κ1) is 6.47. The van der Waals surface area contributed by atoms with Crippen LogP contribution in [0.1, 0.15) is 13.3 Å². The van der Waals surface area contributed by atoms with Crippen molar-refractivity contribution in [1.82, 2.24) is 0 Å². The molecule has 2 atom stereocenters. The van der Waals surface area contributed by atoms with Crippen LogP contribution >= 0.6 is 0 Å². The van der Waals surface area contributed by atoms with E-state index < -0.39 is 0 Å². The molecule has 12 heavy (non-hydrogen) atoms. The van der Waals surface area contributed by atoms with Crippen LogP contribution < -0.4 is 0 Å². The third-order valence-electron chi connectivity index (χ3n) is 3.13. The predicted molar refractivity (Wildman–Crippen MR) is 50.7 cm³/mol. The molecule has 3 aliphatic rings. The quantitative estimate of drug-likeness (QED) is 0.505. The molecule has 0 bridgehead atoms. The van der Waals surface area contributed by atoms with Crippen LogP contribution in [0.15, 0.2) is 47.1 Å². The molecule has 0 spiro atoms. The molecule has 0 N–H and O–H groups in total. The summed E-state index contributed by atoms with van der Waals surface area (Å²) in [6, 6.07) is 0. The maximum Gasteiger partial charge on any atom is 0.0123 e. The van der Waals surface area contributed by atoms with Crippen molar-refractivity contribution < 1.29 is 0 Å². The molecule has 0 nitrogen and oxygen atoms in total. The number of hydrogen-bond acceptors (Lipinski definition) is 0. The molecule has 0 heteroatoms. The van der Waals surface area contributed by atoms with E-state index in [1.165, 1.54) is 5.57 Å². The Morgan fingerprint density at radius 3 is 3.00 bits per heavy atom. The molecule has 0 aromatic heterocycles. The van der Waals surface area contributed by atoms with Crippen LogP contribution in [-0.4, -0.2) is 0 Å². The highest BCUT2D eigenvalue weighted by atomic mass is 14.5. The Kier molecular flexibility index (Phi) is 1.08. The van der Waals surface area contributed by atoms with Gasteiger partial charge in [-0.05, 0) is 23.5 Å². The molecular weight excluding hydrogens is 144 g/mol. The third-order valence-corrected chi connectivity index (χ3v) is 3.13. The molecular formula is C12H12. The molecule has 1 fully saturated rings. The lowest BCUT2D eigenvalue weighted by Crippen LogP contribution is -1.85. The summed E-state index contributed by atoms with van der Waals surface area (Å²) in [4.78, 5) is 0. The Balaban J connectivity index is 2.08. The van der Waals surface area contributed by atoms with Crippen molar-refractivity contribution in [3.63, 3.8) is 0 Å². The minimum atomic E-state index is 0.791. The molecule has 2 unspecified atom stereocenters. The summed E-state index contributed by atoms with van der Waals surface area (Å²) >= 11 is 0. The summed E-state index contributed by atoms with van der Waals surface area (Å²) in [6.45, 7) is 2.32. The van der Waals surface area contributed by atoms with E-state index in [0.717, 1.165) is 18.3 Å². The molecule has 1 saturated carbocycles. The molecule has 0 radical (unpaired) electrons. The largest absolute Gasteiger partial charge is 0.0804 e. The molecule has 0 saturated heterocycles. The summed E-state index contributed by atoms with van der Waals surface area (Å²) in [5.74, 6) is 1.62. The van der Waals surface area contributed by atoms with Crippen LogP contribution in [0.2, 0.25) is 0 Å². The fourth-order valence-corrected chi connectivity index (χ4v) is 2.35. The summed E-state index contributed by atoms with van der Waals surface area (Å²) in [6.07, 6.45) is 12.5. The van der Waals surface area contributed by atoms with E-state index in [0.29, 0.717) is 0 Å². The van der Waals surface area contributed by atoms with Gasteiger partial charge in [-0.1, -0.05) is 42.9 Å². The second-order valence-corrected chi connectivity index (χ2v) is 3.86. The van der Waals surface area contributed by atoms with E-state index in [1.54, 1.807) is 11.1 Å². The van der Waals surface area contributed by atoms with Crippen molar-refractivity contribution in [3.8, 4) is 0 Å². The first-order chi connectivity index (χ1) is 5.88. The van der Waals surface area contributed by atoms with Gasteiger partial charge in [0.2, 0.25) is 0 Å². The van der Waals surface area contributed by atoms with Gasteiger partial charge in [0.15, 0.2) is 0 Å². The van der Waals surface area contributed by atoms with Crippen LogP contribution in [0.4, 0.5) is 0 Å². The maximum atomic E-state index is 2.37. The van der Waals surface area contributed by atoms with Gasteiger partial charge in [0.25, 0.3) is 0 Å². The van der Waals surface area contributed by atoms with Gasteiger partial charge in [-0.3, -0.25) is 0 Å². The molecule has 0 aromatic carbocycles. The standard InChI is InChI=1S/C12H12/c1-8-11-7-9-5-3-2-4-6-10(9)12(8)11/h3-8,12H,2H2,1H3. The molecule has 0 heterocycles. The van der Waals surface area contributed by atoms with Crippen LogP contribution in [0.3, 0.4) is 0 Å². The second-order valence-electron chi connectivity index (χ2n) is 3.86. The van der Waals surface area contributed by atoms with Gasteiger partial charge in [-0.15, -0.1) is 0 Å². The Morgan fingerprint density at radius 2 is 2.08 bits per heavy atom. The van der Waals surface area contributed by atoms with E-state index in [2.05, 4.69) is 37.3 Å². The van der Waals surface area contributed by atoms with Crippen molar-refractivity contribution in [2.45, 2.75) is 13.3 Å². The molecule has 0 aromatic rings. The highest BCUT2D eigenvalue weighted by molar-refractivity contribution is 5.61.